The average molecular weight is 275 g/mol. The molecule has 0 unspecified atom stereocenters. The molecule has 1 aliphatic rings. The number of hydrogen-bond acceptors (Lipinski definition) is 5. The van der Waals surface area contributed by atoms with Crippen LogP contribution in [0.15, 0.2) is 11.1 Å². The van der Waals surface area contributed by atoms with Gasteiger partial charge in [0.25, 0.3) is 5.56 Å². The van der Waals surface area contributed by atoms with Crippen molar-refractivity contribution in [2.45, 2.75) is 26.8 Å². The topological polar surface area (TPSA) is 74.8 Å². The number of aryl methyl sites for hydroxylation is 2. The van der Waals surface area contributed by atoms with Gasteiger partial charge in [0.1, 0.15) is 12.2 Å². The molecule has 0 spiro atoms. The van der Waals surface area contributed by atoms with Crippen molar-refractivity contribution in [1.29, 1.82) is 0 Å². The molecule has 2 aromatic rings. The molecule has 1 N–H and O–H groups in total. The fourth-order valence-electron chi connectivity index (χ4n) is 2.40. The summed E-state index contributed by atoms with van der Waals surface area (Å²) in [4.78, 5) is 28.5. The lowest BCUT2D eigenvalue weighted by Gasteiger charge is -2.28. The van der Waals surface area contributed by atoms with E-state index in [9.17, 15) is 9.18 Å². The average Bonchev–Trinajstić information content (AvgIpc) is 2.41. The van der Waals surface area contributed by atoms with Crippen molar-refractivity contribution in [1.82, 2.24) is 19.9 Å². The van der Waals surface area contributed by atoms with E-state index in [0.717, 1.165) is 5.69 Å². The minimum Gasteiger partial charge on any atom is -0.349 e. The van der Waals surface area contributed by atoms with Crippen molar-refractivity contribution < 1.29 is 4.39 Å². The lowest BCUT2D eigenvalue weighted by atomic mass is 10.1. The molecule has 0 amide bonds. The van der Waals surface area contributed by atoms with Gasteiger partial charge in [-0.3, -0.25) is 4.79 Å². The van der Waals surface area contributed by atoms with Crippen molar-refractivity contribution >= 4 is 5.82 Å². The Hall–Kier alpha value is -2.31. The lowest BCUT2D eigenvalue weighted by molar-refractivity contribution is 0.580. The Kier molecular flexibility index (Phi) is 2.96. The summed E-state index contributed by atoms with van der Waals surface area (Å²) in [6.45, 7) is 4.24. The molecule has 1 aliphatic heterocycles. The predicted molar refractivity (Wildman–Crippen MR) is 71.1 cm³/mol. The maximum atomic E-state index is 14.1. The van der Waals surface area contributed by atoms with Crippen molar-refractivity contribution in [3.8, 4) is 0 Å². The second kappa shape index (κ2) is 4.66. The van der Waals surface area contributed by atoms with Crippen LogP contribution in [0.1, 0.15) is 22.8 Å². The van der Waals surface area contributed by atoms with Gasteiger partial charge in [0, 0.05) is 13.0 Å². The first-order valence-corrected chi connectivity index (χ1v) is 6.37. The summed E-state index contributed by atoms with van der Waals surface area (Å²) in [5.41, 5.74) is 1.51. The molecule has 3 heterocycles. The van der Waals surface area contributed by atoms with E-state index in [4.69, 9.17) is 0 Å². The van der Waals surface area contributed by atoms with Gasteiger partial charge < -0.3 is 9.88 Å². The maximum absolute atomic E-state index is 14.1. The molecule has 0 atom stereocenters. The molecular formula is C13H14FN5O. The Labute approximate surface area is 114 Å². The van der Waals surface area contributed by atoms with E-state index in [2.05, 4.69) is 19.9 Å². The summed E-state index contributed by atoms with van der Waals surface area (Å²) in [6.07, 6.45) is 1.93. The van der Waals surface area contributed by atoms with E-state index in [1.807, 2.05) is 0 Å². The van der Waals surface area contributed by atoms with Crippen LogP contribution < -0.4 is 10.5 Å². The number of nitrogens with zero attached hydrogens (tertiary/aromatic N) is 4. The second-order valence-corrected chi connectivity index (χ2v) is 4.84. The summed E-state index contributed by atoms with van der Waals surface area (Å²) in [7, 11) is 0. The molecule has 0 fully saturated rings. The van der Waals surface area contributed by atoms with Crippen LogP contribution in [0.25, 0.3) is 0 Å². The first-order chi connectivity index (χ1) is 9.56. The van der Waals surface area contributed by atoms with E-state index >= 15 is 0 Å². The molecule has 7 heteroatoms. The Morgan fingerprint density at radius 1 is 1.35 bits per heavy atom. The van der Waals surface area contributed by atoms with Crippen LogP contribution in [0.2, 0.25) is 0 Å². The monoisotopic (exact) mass is 275 g/mol. The normalized spacial score (nSPS) is 14.2. The second-order valence-electron chi connectivity index (χ2n) is 4.84. The number of halogens is 1. The number of nitrogens with one attached hydrogen (secondary N) is 1. The number of hydrogen-bond donors (Lipinski definition) is 1. The standard InChI is InChI=1S/C13H14FN5O/c1-7-11(14)12(16-6-15-7)19-4-3-10-9(5-19)13(20)18-8(2)17-10/h6H,3-5H2,1-2H3,(H,17,18,20). The van der Waals surface area contributed by atoms with E-state index in [-0.39, 0.29) is 11.4 Å². The van der Waals surface area contributed by atoms with Crippen LogP contribution in [0.5, 0.6) is 0 Å². The Morgan fingerprint density at radius 3 is 2.95 bits per heavy atom. The van der Waals surface area contributed by atoms with Crippen LogP contribution in [-0.4, -0.2) is 26.5 Å². The Bertz CT molecular complexity index is 727. The van der Waals surface area contributed by atoms with Gasteiger partial charge in [0.15, 0.2) is 11.6 Å². The van der Waals surface area contributed by atoms with Gasteiger partial charge in [-0.25, -0.2) is 19.3 Å². The third-order valence-electron chi connectivity index (χ3n) is 3.43. The number of anilines is 1. The fourth-order valence-corrected chi connectivity index (χ4v) is 2.40. The SMILES string of the molecule is Cc1nc2c(c(=O)[nH]1)CN(c1ncnc(C)c1F)CC2. The van der Waals surface area contributed by atoms with Crippen molar-refractivity contribution in [3.63, 3.8) is 0 Å². The Morgan fingerprint density at radius 2 is 2.15 bits per heavy atom. The van der Waals surface area contributed by atoms with Crippen LogP contribution in [0, 0.1) is 19.7 Å². The largest absolute Gasteiger partial charge is 0.349 e. The molecule has 0 saturated heterocycles. The van der Waals surface area contributed by atoms with Crippen LogP contribution >= 0.6 is 0 Å². The van der Waals surface area contributed by atoms with Gasteiger partial charge in [-0.1, -0.05) is 0 Å². The first-order valence-electron chi connectivity index (χ1n) is 6.37. The van der Waals surface area contributed by atoms with Crippen LogP contribution in [0.3, 0.4) is 0 Å². The summed E-state index contributed by atoms with van der Waals surface area (Å²) in [5.74, 6) is 0.404. The number of rotatable bonds is 1. The predicted octanol–water partition coefficient (Wildman–Crippen LogP) is 0.879. The first kappa shape index (κ1) is 12.7. The summed E-state index contributed by atoms with van der Waals surface area (Å²) in [5, 5.41) is 0. The summed E-state index contributed by atoms with van der Waals surface area (Å²) in [6, 6.07) is 0. The lowest BCUT2D eigenvalue weighted by Crippen LogP contribution is -2.37. The highest BCUT2D eigenvalue weighted by atomic mass is 19.1. The highest BCUT2D eigenvalue weighted by Crippen LogP contribution is 2.23. The number of aromatic amines is 1. The smallest absolute Gasteiger partial charge is 0.256 e. The van der Waals surface area contributed by atoms with E-state index in [1.54, 1.807) is 18.7 Å². The summed E-state index contributed by atoms with van der Waals surface area (Å²) < 4.78 is 14.1. The molecule has 0 bridgehead atoms. The molecule has 0 saturated carbocycles. The zero-order valence-electron chi connectivity index (χ0n) is 11.3. The van der Waals surface area contributed by atoms with Crippen molar-refractivity contribution in [3.05, 3.63) is 45.3 Å². The van der Waals surface area contributed by atoms with Crippen LogP contribution in [0.4, 0.5) is 10.2 Å². The molecule has 104 valence electrons. The minimum absolute atomic E-state index is 0.164. The van der Waals surface area contributed by atoms with E-state index in [0.29, 0.717) is 36.6 Å². The van der Waals surface area contributed by atoms with Gasteiger partial charge in [-0.05, 0) is 13.8 Å². The minimum atomic E-state index is -0.438. The fraction of sp³-hybridized carbons (Fsp3) is 0.385. The van der Waals surface area contributed by atoms with Crippen molar-refractivity contribution in [2.75, 3.05) is 11.4 Å². The van der Waals surface area contributed by atoms with Crippen LogP contribution in [-0.2, 0) is 13.0 Å². The molecule has 0 radical (unpaired) electrons. The van der Waals surface area contributed by atoms with Gasteiger partial charge in [0.2, 0.25) is 0 Å². The molecule has 0 aliphatic carbocycles. The molecule has 6 nitrogen and oxygen atoms in total. The zero-order valence-corrected chi connectivity index (χ0v) is 11.3. The molecule has 3 rings (SSSR count). The van der Waals surface area contributed by atoms with Gasteiger partial charge in [-0.2, -0.15) is 0 Å². The van der Waals surface area contributed by atoms with Gasteiger partial charge >= 0.3 is 0 Å². The van der Waals surface area contributed by atoms with Crippen molar-refractivity contribution in [2.24, 2.45) is 0 Å². The molecule has 0 aromatic carbocycles. The van der Waals surface area contributed by atoms with E-state index in [1.165, 1.54) is 6.33 Å². The highest BCUT2D eigenvalue weighted by Gasteiger charge is 2.24. The van der Waals surface area contributed by atoms with Gasteiger partial charge in [-0.15, -0.1) is 0 Å². The molecular weight excluding hydrogens is 261 g/mol. The zero-order chi connectivity index (χ0) is 14.3. The third-order valence-corrected chi connectivity index (χ3v) is 3.43. The third kappa shape index (κ3) is 2.04. The highest BCUT2D eigenvalue weighted by molar-refractivity contribution is 5.44. The van der Waals surface area contributed by atoms with E-state index < -0.39 is 5.82 Å². The van der Waals surface area contributed by atoms with Gasteiger partial charge in [0.05, 0.1) is 23.5 Å². The summed E-state index contributed by atoms with van der Waals surface area (Å²) >= 11 is 0. The number of fused-ring (bicyclic) bond motifs is 1. The quantitative estimate of drug-likeness (QED) is 0.836. The molecule has 20 heavy (non-hydrogen) atoms. The Balaban J connectivity index is 2.00. The number of aromatic nitrogens is 4. The number of H-pyrrole nitrogens is 1. The molecule has 2 aromatic heterocycles. The maximum Gasteiger partial charge on any atom is 0.256 e.